The Hall–Kier alpha value is -1.66. The summed E-state index contributed by atoms with van der Waals surface area (Å²) < 4.78 is 5.51. The first-order valence-electron chi connectivity index (χ1n) is 8.73. The van der Waals surface area contributed by atoms with Gasteiger partial charge in [0.05, 0.1) is 10.6 Å². The van der Waals surface area contributed by atoms with E-state index in [1.165, 1.54) is 12.8 Å². The van der Waals surface area contributed by atoms with E-state index in [-0.39, 0.29) is 5.91 Å². The van der Waals surface area contributed by atoms with E-state index in [0.29, 0.717) is 12.1 Å². The van der Waals surface area contributed by atoms with Gasteiger partial charge in [-0.3, -0.25) is 9.69 Å². The molecular formula is C18H23N3O2S. The Labute approximate surface area is 146 Å². The van der Waals surface area contributed by atoms with Crippen LogP contribution in [0.25, 0.3) is 10.6 Å². The summed E-state index contributed by atoms with van der Waals surface area (Å²) in [6, 6.07) is 6.96. The van der Waals surface area contributed by atoms with Crippen molar-refractivity contribution in [2.45, 2.75) is 51.2 Å². The zero-order valence-electron chi connectivity index (χ0n) is 14.0. The molecule has 4 rings (SSSR count). The van der Waals surface area contributed by atoms with Crippen LogP contribution >= 0.6 is 11.3 Å². The molecule has 2 fully saturated rings. The Morgan fingerprint density at radius 2 is 2.17 bits per heavy atom. The molecule has 0 aromatic carbocycles. The second-order valence-corrected chi connectivity index (χ2v) is 7.71. The van der Waals surface area contributed by atoms with E-state index in [2.05, 4.69) is 27.1 Å². The minimum absolute atomic E-state index is 0.214. The van der Waals surface area contributed by atoms with E-state index in [1.807, 2.05) is 11.4 Å². The van der Waals surface area contributed by atoms with Crippen molar-refractivity contribution in [3.8, 4) is 10.6 Å². The fourth-order valence-electron chi connectivity index (χ4n) is 4.20. The van der Waals surface area contributed by atoms with Crippen molar-refractivity contribution in [2.24, 2.45) is 0 Å². The van der Waals surface area contributed by atoms with E-state index >= 15 is 0 Å². The third-order valence-corrected chi connectivity index (χ3v) is 6.13. The lowest BCUT2D eigenvalue weighted by atomic mass is 10.0. The van der Waals surface area contributed by atoms with Gasteiger partial charge in [-0.1, -0.05) is 11.2 Å². The number of hydrogen-bond donors (Lipinski definition) is 0. The zero-order chi connectivity index (χ0) is 16.5. The molecular weight excluding hydrogens is 322 g/mol. The number of nitrogens with zero attached hydrogens (tertiary/aromatic N) is 3. The Balaban J connectivity index is 1.47. The van der Waals surface area contributed by atoms with E-state index in [4.69, 9.17) is 4.52 Å². The van der Waals surface area contributed by atoms with Gasteiger partial charge in [-0.15, -0.1) is 11.3 Å². The van der Waals surface area contributed by atoms with Crippen LogP contribution in [-0.2, 0) is 11.3 Å². The molecule has 2 aliphatic heterocycles. The van der Waals surface area contributed by atoms with Crippen LogP contribution in [-0.4, -0.2) is 46.0 Å². The van der Waals surface area contributed by atoms with Crippen LogP contribution in [0.3, 0.4) is 0 Å². The fourth-order valence-corrected chi connectivity index (χ4v) is 4.87. The van der Waals surface area contributed by atoms with Crippen LogP contribution in [0.1, 0.15) is 38.3 Å². The molecule has 2 aromatic rings. The van der Waals surface area contributed by atoms with Gasteiger partial charge in [-0.25, -0.2) is 0 Å². The van der Waals surface area contributed by atoms with E-state index in [1.54, 1.807) is 18.3 Å². The summed E-state index contributed by atoms with van der Waals surface area (Å²) in [5, 5.41) is 6.31. The predicted octanol–water partition coefficient (Wildman–Crippen LogP) is 3.38. The lowest BCUT2D eigenvalue weighted by Gasteiger charge is -2.34. The van der Waals surface area contributed by atoms with Gasteiger partial charge in [-0.2, -0.15) is 0 Å². The molecule has 0 spiro atoms. The second-order valence-electron chi connectivity index (χ2n) is 6.76. The molecule has 24 heavy (non-hydrogen) atoms. The van der Waals surface area contributed by atoms with Crippen molar-refractivity contribution in [1.82, 2.24) is 15.0 Å². The molecule has 0 aliphatic carbocycles. The number of rotatable bonds is 4. The summed E-state index contributed by atoms with van der Waals surface area (Å²) in [4.78, 5) is 17.6. The number of aromatic nitrogens is 1. The van der Waals surface area contributed by atoms with Gasteiger partial charge >= 0.3 is 0 Å². The maximum Gasteiger partial charge on any atom is 0.219 e. The third kappa shape index (κ3) is 3.00. The van der Waals surface area contributed by atoms with Gasteiger partial charge in [0.1, 0.15) is 0 Å². The number of hydrogen-bond acceptors (Lipinski definition) is 5. The SMILES string of the molecule is CC(=O)N1CCCC1C1CCCN1Cc1cc(-c2cccs2)on1. The number of amides is 1. The summed E-state index contributed by atoms with van der Waals surface area (Å²) in [6.07, 6.45) is 4.62. The molecule has 128 valence electrons. The number of carbonyl (C=O) groups excluding carboxylic acids is 1. The van der Waals surface area contributed by atoms with Crippen molar-refractivity contribution in [2.75, 3.05) is 13.1 Å². The molecule has 2 unspecified atom stereocenters. The van der Waals surface area contributed by atoms with Crippen LogP contribution in [0.15, 0.2) is 28.1 Å². The maximum atomic E-state index is 11.9. The van der Waals surface area contributed by atoms with Gasteiger partial charge in [0.2, 0.25) is 5.91 Å². The van der Waals surface area contributed by atoms with E-state index in [9.17, 15) is 4.79 Å². The van der Waals surface area contributed by atoms with Crippen LogP contribution in [0.2, 0.25) is 0 Å². The van der Waals surface area contributed by atoms with Crippen LogP contribution in [0.5, 0.6) is 0 Å². The average Bonchev–Trinajstić information content (AvgIpc) is 3.35. The molecule has 0 bridgehead atoms. The monoisotopic (exact) mass is 345 g/mol. The molecule has 2 saturated heterocycles. The number of likely N-dealkylation sites (tertiary alicyclic amines) is 2. The maximum absolute atomic E-state index is 11.9. The normalized spacial score (nSPS) is 24.8. The van der Waals surface area contributed by atoms with E-state index < -0.39 is 0 Å². The summed E-state index contributed by atoms with van der Waals surface area (Å²) in [5.74, 6) is 1.06. The topological polar surface area (TPSA) is 49.6 Å². The molecule has 0 N–H and O–H groups in total. The fraction of sp³-hybridized carbons (Fsp3) is 0.556. The van der Waals surface area contributed by atoms with Crippen LogP contribution in [0.4, 0.5) is 0 Å². The Kier molecular flexibility index (Phi) is 4.41. The number of thiophene rings is 1. The molecule has 2 atom stereocenters. The van der Waals surface area contributed by atoms with E-state index in [0.717, 1.165) is 48.8 Å². The highest BCUT2D eigenvalue weighted by molar-refractivity contribution is 7.13. The van der Waals surface area contributed by atoms with Gasteiger partial charge in [0.15, 0.2) is 5.76 Å². The lowest BCUT2D eigenvalue weighted by Crippen LogP contribution is -2.47. The smallest absolute Gasteiger partial charge is 0.219 e. The minimum atomic E-state index is 0.214. The minimum Gasteiger partial charge on any atom is -0.355 e. The van der Waals surface area contributed by atoms with Gasteiger partial charge < -0.3 is 9.42 Å². The quantitative estimate of drug-likeness (QED) is 0.852. The summed E-state index contributed by atoms with van der Waals surface area (Å²) in [7, 11) is 0. The van der Waals surface area contributed by atoms with Crippen molar-refractivity contribution < 1.29 is 9.32 Å². The van der Waals surface area contributed by atoms with Crippen LogP contribution in [0, 0.1) is 0 Å². The van der Waals surface area contributed by atoms with Crippen molar-refractivity contribution >= 4 is 17.2 Å². The Morgan fingerprint density at radius 3 is 2.96 bits per heavy atom. The van der Waals surface area contributed by atoms with Gasteiger partial charge in [0, 0.05) is 38.2 Å². The molecule has 5 nitrogen and oxygen atoms in total. The van der Waals surface area contributed by atoms with Crippen molar-refractivity contribution in [3.05, 3.63) is 29.3 Å². The number of carbonyl (C=O) groups is 1. The summed E-state index contributed by atoms with van der Waals surface area (Å²) in [5.41, 5.74) is 0.984. The molecule has 6 heteroatoms. The van der Waals surface area contributed by atoms with Crippen LogP contribution < -0.4 is 0 Å². The molecule has 2 aliphatic rings. The summed E-state index contributed by atoms with van der Waals surface area (Å²) >= 11 is 1.67. The molecule has 0 saturated carbocycles. The highest BCUT2D eigenvalue weighted by atomic mass is 32.1. The molecule has 4 heterocycles. The standard InChI is InChI=1S/C18H23N3O2S/c1-13(22)21-9-3-6-16(21)15-5-2-8-20(15)12-14-11-17(23-19-14)18-7-4-10-24-18/h4,7,10-11,15-16H,2-3,5-6,8-9,12H2,1H3. The highest BCUT2D eigenvalue weighted by Gasteiger charge is 2.38. The average molecular weight is 345 g/mol. The zero-order valence-corrected chi connectivity index (χ0v) is 14.8. The molecule has 0 radical (unpaired) electrons. The third-order valence-electron chi connectivity index (χ3n) is 5.25. The molecule has 1 amide bonds. The predicted molar refractivity (Wildman–Crippen MR) is 93.7 cm³/mol. The first kappa shape index (κ1) is 15.8. The first-order valence-corrected chi connectivity index (χ1v) is 9.61. The largest absolute Gasteiger partial charge is 0.355 e. The van der Waals surface area contributed by atoms with Gasteiger partial charge in [-0.05, 0) is 43.7 Å². The first-order chi connectivity index (χ1) is 11.7. The lowest BCUT2D eigenvalue weighted by molar-refractivity contribution is -0.130. The Morgan fingerprint density at radius 1 is 1.33 bits per heavy atom. The van der Waals surface area contributed by atoms with Crippen molar-refractivity contribution in [1.29, 1.82) is 0 Å². The Bertz CT molecular complexity index is 697. The van der Waals surface area contributed by atoms with Gasteiger partial charge in [0.25, 0.3) is 0 Å². The molecule has 2 aromatic heterocycles. The summed E-state index contributed by atoms with van der Waals surface area (Å²) in [6.45, 7) is 4.50. The second kappa shape index (κ2) is 6.69. The highest BCUT2D eigenvalue weighted by Crippen LogP contribution is 2.32. The van der Waals surface area contributed by atoms with Crippen molar-refractivity contribution in [3.63, 3.8) is 0 Å².